The lowest BCUT2D eigenvalue weighted by Crippen LogP contribution is -2.38. The molecule has 1 aromatic carbocycles. The Kier molecular flexibility index (Phi) is 7.12. The standard InChI is InChI=1S/C18H23Cl2N7S/c1-27(2)16-9-15(22-12-4-3-7-21-10-12)24-17(25-16)26-18(28)23-11-5-6-13(19)14(20)8-11/h5-6,8-9,12,21H,3-4,7,10H2,1-2H3,(H3,22,23,24,25,26,28). The van der Waals surface area contributed by atoms with Crippen LogP contribution in [-0.2, 0) is 0 Å². The van der Waals surface area contributed by atoms with Crippen molar-refractivity contribution in [3.05, 3.63) is 34.3 Å². The van der Waals surface area contributed by atoms with E-state index >= 15 is 0 Å². The summed E-state index contributed by atoms with van der Waals surface area (Å²) < 4.78 is 0. The second-order valence-electron chi connectivity index (χ2n) is 6.73. The topological polar surface area (TPSA) is 77.1 Å². The zero-order valence-electron chi connectivity index (χ0n) is 15.7. The number of hydrogen-bond donors (Lipinski definition) is 4. The largest absolute Gasteiger partial charge is 0.366 e. The Morgan fingerprint density at radius 2 is 2.00 bits per heavy atom. The van der Waals surface area contributed by atoms with Crippen molar-refractivity contribution in [3.63, 3.8) is 0 Å². The number of rotatable bonds is 5. The fraction of sp³-hybridized carbons (Fsp3) is 0.389. The van der Waals surface area contributed by atoms with E-state index in [4.69, 9.17) is 35.4 Å². The fourth-order valence-corrected chi connectivity index (χ4v) is 3.32. The van der Waals surface area contributed by atoms with E-state index in [1.54, 1.807) is 18.2 Å². The molecule has 1 aliphatic rings. The molecule has 150 valence electrons. The van der Waals surface area contributed by atoms with Crippen LogP contribution in [0.5, 0.6) is 0 Å². The number of thiocarbonyl (C=S) groups is 1. The van der Waals surface area contributed by atoms with Crippen molar-refractivity contribution in [1.82, 2.24) is 15.3 Å². The Hall–Kier alpha value is -1.87. The first-order valence-electron chi connectivity index (χ1n) is 8.97. The van der Waals surface area contributed by atoms with Crippen molar-refractivity contribution < 1.29 is 0 Å². The molecule has 0 bridgehead atoms. The minimum atomic E-state index is 0.341. The molecular formula is C18H23Cl2N7S. The first-order chi connectivity index (χ1) is 13.4. The van der Waals surface area contributed by atoms with Crippen LogP contribution in [0.3, 0.4) is 0 Å². The molecule has 2 aromatic rings. The second-order valence-corrected chi connectivity index (χ2v) is 7.95. The van der Waals surface area contributed by atoms with Crippen molar-refractivity contribution in [3.8, 4) is 0 Å². The summed E-state index contributed by atoms with van der Waals surface area (Å²) in [5, 5.41) is 14.3. The second kappa shape index (κ2) is 9.56. The molecule has 1 saturated heterocycles. The molecule has 1 aromatic heterocycles. The van der Waals surface area contributed by atoms with Gasteiger partial charge >= 0.3 is 0 Å². The van der Waals surface area contributed by atoms with Gasteiger partial charge in [-0.15, -0.1) is 0 Å². The lowest BCUT2D eigenvalue weighted by molar-refractivity contribution is 0.479. The normalized spacial score (nSPS) is 16.4. The molecule has 1 aliphatic heterocycles. The summed E-state index contributed by atoms with van der Waals surface area (Å²) >= 11 is 17.4. The van der Waals surface area contributed by atoms with Gasteiger partial charge in [0.05, 0.1) is 10.0 Å². The quantitative estimate of drug-likeness (QED) is 0.523. The van der Waals surface area contributed by atoms with Gasteiger partial charge in [-0.2, -0.15) is 9.97 Å². The highest BCUT2D eigenvalue weighted by Crippen LogP contribution is 2.25. The van der Waals surface area contributed by atoms with Crippen molar-refractivity contribution in [1.29, 1.82) is 0 Å². The fourth-order valence-electron chi connectivity index (χ4n) is 2.82. The highest BCUT2D eigenvalue weighted by molar-refractivity contribution is 7.80. The number of piperidine rings is 1. The third-order valence-electron chi connectivity index (χ3n) is 4.22. The third-order valence-corrected chi connectivity index (χ3v) is 5.17. The number of anilines is 4. The molecule has 0 aliphatic carbocycles. The maximum atomic E-state index is 6.05. The number of nitrogens with one attached hydrogen (secondary N) is 4. The van der Waals surface area contributed by atoms with Crippen molar-refractivity contribution in [2.75, 3.05) is 48.0 Å². The van der Waals surface area contributed by atoms with Gasteiger partial charge in [0, 0.05) is 38.4 Å². The van der Waals surface area contributed by atoms with Crippen LogP contribution >= 0.6 is 35.4 Å². The Bertz CT molecular complexity index is 841. The summed E-state index contributed by atoms with van der Waals surface area (Å²) in [6.07, 6.45) is 2.25. The van der Waals surface area contributed by atoms with Crippen molar-refractivity contribution >= 4 is 63.8 Å². The molecule has 7 nitrogen and oxygen atoms in total. The number of nitrogens with zero attached hydrogens (tertiary/aromatic N) is 3. The molecule has 28 heavy (non-hydrogen) atoms. The lowest BCUT2D eigenvalue weighted by atomic mass is 10.1. The van der Waals surface area contributed by atoms with E-state index < -0.39 is 0 Å². The van der Waals surface area contributed by atoms with Crippen LogP contribution < -0.4 is 26.2 Å². The summed E-state index contributed by atoms with van der Waals surface area (Å²) in [7, 11) is 3.87. The van der Waals surface area contributed by atoms with Crippen LogP contribution in [0.2, 0.25) is 10.0 Å². The minimum absolute atomic E-state index is 0.341. The van der Waals surface area contributed by atoms with Gasteiger partial charge in [-0.1, -0.05) is 23.2 Å². The first-order valence-corrected chi connectivity index (χ1v) is 10.1. The highest BCUT2D eigenvalue weighted by atomic mass is 35.5. The van der Waals surface area contributed by atoms with E-state index in [9.17, 15) is 0 Å². The first kappa shape index (κ1) is 20.9. The van der Waals surface area contributed by atoms with Crippen LogP contribution in [0.15, 0.2) is 24.3 Å². The van der Waals surface area contributed by atoms with E-state index in [1.165, 1.54) is 0 Å². The lowest BCUT2D eigenvalue weighted by Gasteiger charge is -2.25. The van der Waals surface area contributed by atoms with E-state index in [0.717, 1.165) is 43.3 Å². The highest BCUT2D eigenvalue weighted by Gasteiger charge is 2.15. The zero-order chi connectivity index (χ0) is 20.1. The average molecular weight is 440 g/mol. The van der Waals surface area contributed by atoms with Gasteiger partial charge < -0.3 is 26.2 Å². The number of benzene rings is 1. The van der Waals surface area contributed by atoms with Crippen LogP contribution in [-0.4, -0.2) is 48.3 Å². The zero-order valence-corrected chi connectivity index (χ0v) is 18.0. The number of hydrogen-bond acceptors (Lipinski definition) is 6. The molecule has 0 saturated carbocycles. The van der Waals surface area contributed by atoms with Crippen molar-refractivity contribution in [2.24, 2.45) is 0 Å². The maximum absolute atomic E-state index is 6.05. The van der Waals surface area contributed by atoms with Gasteiger partial charge in [0.1, 0.15) is 11.6 Å². The molecule has 10 heteroatoms. The maximum Gasteiger partial charge on any atom is 0.232 e. The molecule has 4 N–H and O–H groups in total. The van der Waals surface area contributed by atoms with E-state index in [1.807, 2.05) is 25.1 Å². The molecule has 1 fully saturated rings. The molecule has 2 heterocycles. The predicted molar refractivity (Wildman–Crippen MR) is 122 cm³/mol. The summed E-state index contributed by atoms with van der Waals surface area (Å²) in [6, 6.07) is 7.47. The van der Waals surface area contributed by atoms with Gasteiger partial charge in [-0.05, 0) is 49.8 Å². The van der Waals surface area contributed by atoms with E-state index in [0.29, 0.717) is 27.1 Å². The third kappa shape index (κ3) is 5.81. The summed E-state index contributed by atoms with van der Waals surface area (Å²) in [4.78, 5) is 11.0. The SMILES string of the molecule is CN(C)c1cc(NC2CCCNC2)nc(NC(=S)Nc2ccc(Cl)c(Cl)c2)n1. The molecule has 3 rings (SSSR count). The van der Waals surface area contributed by atoms with Crippen LogP contribution in [0.1, 0.15) is 12.8 Å². The Morgan fingerprint density at radius 3 is 2.68 bits per heavy atom. The summed E-state index contributed by atoms with van der Waals surface area (Å²) in [5.74, 6) is 1.95. The van der Waals surface area contributed by atoms with Gasteiger partial charge in [0.25, 0.3) is 0 Å². The van der Waals surface area contributed by atoms with Crippen molar-refractivity contribution in [2.45, 2.75) is 18.9 Å². The molecule has 0 radical (unpaired) electrons. The van der Waals surface area contributed by atoms with Crippen LogP contribution in [0.4, 0.5) is 23.3 Å². The van der Waals surface area contributed by atoms with Crippen LogP contribution in [0, 0.1) is 0 Å². The monoisotopic (exact) mass is 439 g/mol. The summed E-state index contributed by atoms with van der Waals surface area (Å²) in [6.45, 7) is 1.98. The Morgan fingerprint density at radius 1 is 1.18 bits per heavy atom. The van der Waals surface area contributed by atoms with E-state index in [2.05, 4.69) is 31.2 Å². The number of halogens is 2. The molecular weight excluding hydrogens is 417 g/mol. The molecule has 1 unspecified atom stereocenters. The summed E-state index contributed by atoms with van der Waals surface area (Å²) in [5.41, 5.74) is 0.724. The molecule has 0 spiro atoms. The smallest absolute Gasteiger partial charge is 0.232 e. The average Bonchev–Trinajstić information content (AvgIpc) is 2.65. The predicted octanol–water partition coefficient (Wildman–Crippen LogP) is 3.82. The van der Waals surface area contributed by atoms with E-state index in [-0.39, 0.29) is 0 Å². The Labute approximate surface area is 180 Å². The van der Waals surface area contributed by atoms with Gasteiger partial charge in [-0.3, -0.25) is 0 Å². The Balaban J connectivity index is 1.72. The van der Waals surface area contributed by atoms with Crippen LogP contribution in [0.25, 0.3) is 0 Å². The minimum Gasteiger partial charge on any atom is -0.366 e. The van der Waals surface area contributed by atoms with Gasteiger partial charge in [0.2, 0.25) is 5.95 Å². The van der Waals surface area contributed by atoms with Gasteiger partial charge in [0.15, 0.2) is 5.11 Å². The van der Waals surface area contributed by atoms with Gasteiger partial charge in [-0.25, -0.2) is 0 Å². The molecule has 1 atom stereocenters. The number of aromatic nitrogens is 2. The molecule has 0 amide bonds.